The van der Waals surface area contributed by atoms with Crippen LogP contribution in [0.25, 0.3) is 0 Å². The van der Waals surface area contributed by atoms with Gasteiger partial charge >= 0.3 is 0 Å². The van der Waals surface area contributed by atoms with Gasteiger partial charge in [0.25, 0.3) is 0 Å². The third-order valence-electron chi connectivity index (χ3n) is 3.99. The summed E-state index contributed by atoms with van der Waals surface area (Å²) in [6.07, 6.45) is 0. The zero-order valence-electron chi connectivity index (χ0n) is 16.6. The molecule has 0 bridgehead atoms. The Bertz CT molecular complexity index is 691. The minimum Gasteiger partial charge on any atom is -0.491 e. The molecule has 8 heteroatoms. The maximum absolute atomic E-state index is 10.6. The van der Waals surface area contributed by atoms with Crippen molar-refractivity contribution in [3.8, 4) is 5.75 Å². The van der Waals surface area contributed by atoms with Gasteiger partial charge in [0.05, 0.1) is 19.7 Å². The molecule has 0 fully saturated rings. The number of rotatable bonds is 10. The molecule has 1 aromatic heterocycles. The number of halogens is 1. The lowest BCUT2D eigenvalue weighted by atomic mass is 9.99. The Balaban J connectivity index is 0.00000392. The number of nitrogens with zero attached hydrogens (tertiary/aromatic N) is 1. The summed E-state index contributed by atoms with van der Waals surface area (Å²) in [5, 5.41) is 21.0. The van der Waals surface area contributed by atoms with Crippen molar-refractivity contribution < 1.29 is 14.6 Å². The van der Waals surface area contributed by atoms with Crippen LogP contribution in [0.4, 0.5) is 0 Å². The van der Waals surface area contributed by atoms with Crippen LogP contribution in [0.15, 0.2) is 46.1 Å². The number of nitrogens with one attached hydrogen (secondary N) is 2. The van der Waals surface area contributed by atoms with Crippen LogP contribution in [0.5, 0.6) is 5.75 Å². The molecule has 1 unspecified atom stereocenters. The Morgan fingerprint density at radius 3 is 2.54 bits per heavy atom. The average molecular weight is 519 g/mol. The molecule has 0 saturated heterocycles. The maximum Gasteiger partial charge on any atom is 0.191 e. The van der Waals surface area contributed by atoms with Gasteiger partial charge in [-0.15, -0.1) is 24.0 Å². The number of hydrogen-bond donors (Lipinski definition) is 3. The first-order chi connectivity index (χ1) is 13.0. The zero-order valence-corrected chi connectivity index (χ0v) is 19.8. The molecule has 0 aliphatic carbocycles. The van der Waals surface area contributed by atoms with Gasteiger partial charge in [-0.05, 0) is 53.9 Å². The van der Waals surface area contributed by atoms with Crippen molar-refractivity contribution in [1.82, 2.24) is 10.6 Å². The van der Waals surface area contributed by atoms with Crippen molar-refractivity contribution in [3.05, 3.63) is 52.2 Å². The lowest BCUT2D eigenvalue weighted by Crippen LogP contribution is -2.44. The minimum absolute atomic E-state index is 0. The van der Waals surface area contributed by atoms with Gasteiger partial charge in [-0.2, -0.15) is 11.3 Å². The summed E-state index contributed by atoms with van der Waals surface area (Å²) in [5.74, 6) is 1.49. The van der Waals surface area contributed by atoms with E-state index in [1.165, 1.54) is 0 Å². The molecule has 0 aliphatic rings. The molecular weight excluding hydrogens is 489 g/mol. The SMILES string of the molecule is CCNC(=NCc1ccc(OCCOC)cc1)NCC(C)(O)c1ccsc1.I. The fourth-order valence-corrected chi connectivity index (χ4v) is 3.16. The van der Waals surface area contributed by atoms with Crippen molar-refractivity contribution in [2.24, 2.45) is 4.99 Å². The number of guanidine groups is 1. The summed E-state index contributed by atoms with van der Waals surface area (Å²) in [7, 11) is 1.65. The number of aliphatic imine (C=N–C) groups is 1. The highest BCUT2D eigenvalue weighted by Crippen LogP contribution is 2.22. The Labute approximate surface area is 188 Å². The molecule has 2 aromatic rings. The zero-order chi connectivity index (χ0) is 19.5. The minimum atomic E-state index is -0.947. The number of methoxy groups -OCH3 is 1. The lowest BCUT2D eigenvalue weighted by molar-refractivity contribution is 0.0621. The van der Waals surface area contributed by atoms with Gasteiger partial charge in [0, 0.05) is 13.7 Å². The second kappa shape index (κ2) is 13.0. The molecule has 0 saturated carbocycles. The molecule has 0 radical (unpaired) electrons. The van der Waals surface area contributed by atoms with Crippen LogP contribution in [0.1, 0.15) is 25.0 Å². The van der Waals surface area contributed by atoms with E-state index in [4.69, 9.17) is 9.47 Å². The monoisotopic (exact) mass is 519 g/mol. The van der Waals surface area contributed by atoms with Crippen molar-refractivity contribution >= 4 is 41.3 Å². The summed E-state index contributed by atoms with van der Waals surface area (Å²) in [6, 6.07) is 9.80. The highest BCUT2D eigenvalue weighted by Gasteiger charge is 2.23. The summed E-state index contributed by atoms with van der Waals surface area (Å²) >= 11 is 1.57. The number of ether oxygens (including phenoxy) is 2. The number of benzene rings is 1. The quantitative estimate of drug-likeness (QED) is 0.194. The van der Waals surface area contributed by atoms with E-state index in [9.17, 15) is 5.11 Å². The molecule has 0 amide bonds. The topological polar surface area (TPSA) is 75.1 Å². The van der Waals surface area contributed by atoms with Gasteiger partial charge in [-0.25, -0.2) is 4.99 Å². The van der Waals surface area contributed by atoms with Crippen molar-refractivity contribution in [2.75, 3.05) is 33.4 Å². The Morgan fingerprint density at radius 1 is 1.18 bits per heavy atom. The normalized spacial score (nSPS) is 13.4. The Kier molecular flexibility index (Phi) is 11.4. The molecule has 28 heavy (non-hydrogen) atoms. The number of hydrogen-bond acceptors (Lipinski definition) is 5. The first kappa shape index (κ1) is 24.7. The largest absolute Gasteiger partial charge is 0.491 e. The lowest BCUT2D eigenvalue weighted by Gasteiger charge is -2.24. The second-order valence-electron chi connectivity index (χ2n) is 6.32. The first-order valence-electron chi connectivity index (χ1n) is 9.03. The third-order valence-corrected chi connectivity index (χ3v) is 4.67. The third kappa shape index (κ3) is 8.34. The molecule has 6 nitrogen and oxygen atoms in total. The van der Waals surface area contributed by atoms with Crippen LogP contribution in [-0.2, 0) is 16.9 Å². The van der Waals surface area contributed by atoms with Crippen molar-refractivity contribution in [1.29, 1.82) is 0 Å². The smallest absolute Gasteiger partial charge is 0.191 e. The Morgan fingerprint density at radius 2 is 1.93 bits per heavy atom. The van der Waals surface area contributed by atoms with Crippen LogP contribution in [0.2, 0.25) is 0 Å². The molecule has 2 rings (SSSR count). The summed E-state index contributed by atoms with van der Waals surface area (Å²) in [6.45, 7) is 6.58. The molecule has 156 valence electrons. The fraction of sp³-hybridized carbons (Fsp3) is 0.450. The van der Waals surface area contributed by atoms with E-state index in [0.29, 0.717) is 32.3 Å². The van der Waals surface area contributed by atoms with Crippen LogP contribution in [-0.4, -0.2) is 44.5 Å². The van der Waals surface area contributed by atoms with E-state index < -0.39 is 5.60 Å². The van der Waals surface area contributed by atoms with E-state index in [0.717, 1.165) is 23.4 Å². The predicted octanol–water partition coefficient (Wildman–Crippen LogP) is 3.35. The molecule has 1 aromatic carbocycles. The highest BCUT2D eigenvalue weighted by molar-refractivity contribution is 14.0. The van der Waals surface area contributed by atoms with Crippen LogP contribution < -0.4 is 15.4 Å². The van der Waals surface area contributed by atoms with Gasteiger partial charge in [0.15, 0.2) is 5.96 Å². The molecule has 1 heterocycles. The molecule has 1 atom stereocenters. The van der Waals surface area contributed by atoms with E-state index in [1.807, 2.05) is 48.0 Å². The van der Waals surface area contributed by atoms with Gasteiger partial charge in [-0.3, -0.25) is 0 Å². The van der Waals surface area contributed by atoms with Gasteiger partial charge in [0.2, 0.25) is 0 Å². The van der Waals surface area contributed by atoms with Crippen LogP contribution >= 0.6 is 35.3 Å². The Hall–Kier alpha value is -1.36. The van der Waals surface area contributed by atoms with Crippen LogP contribution in [0.3, 0.4) is 0 Å². The van der Waals surface area contributed by atoms with E-state index in [2.05, 4.69) is 15.6 Å². The van der Waals surface area contributed by atoms with Gasteiger partial charge in [0.1, 0.15) is 18.0 Å². The van der Waals surface area contributed by atoms with Crippen molar-refractivity contribution in [3.63, 3.8) is 0 Å². The standard InChI is InChI=1S/C20H29N3O3S.HI/c1-4-21-19(23-15-20(2,24)17-9-12-27-14-17)22-13-16-5-7-18(8-6-16)26-11-10-25-3;/h5-9,12,14,24H,4,10-11,13,15H2,1-3H3,(H2,21,22,23);1H. The van der Waals surface area contributed by atoms with E-state index in [1.54, 1.807) is 25.4 Å². The molecular formula is C20H30IN3O3S. The van der Waals surface area contributed by atoms with Gasteiger partial charge in [-0.1, -0.05) is 12.1 Å². The summed E-state index contributed by atoms with van der Waals surface area (Å²) < 4.78 is 10.5. The van der Waals surface area contributed by atoms with Crippen molar-refractivity contribution in [2.45, 2.75) is 26.0 Å². The fourth-order valence-electron chi connectivity index (χ4n) is 2.37. The molecule has 3 N–H and O–H groups in total. The predicted molar refractivity (Wildman–Crippen MR) is 126 cm³/mol. The van der Waals surface area contributed by atoms with Gasteiger partial charge < -0.3 is 25.2 Å². The highest BCUT2D eigenvalue weighted by atomic mass is 127. The van der Waals surface area contributed by atoms with E-state index in [-0.39, 0.29) is 24.0 Å². The average Bonchev–Trinajstić information content (AvgIpc) is 3.21. The second-order valence-corrected chi connectivity index (χ2v) is 7.10. The molecule has 0 spiro atoms. The van der Waals surface area contributed by atoms with Crippen LogP contribution in [0, 0.1) is 0 Å². The molecule has 0 aliphatic heterocycles. The summed E-state index contributed by atoms with van der Waals surface area (Å²) in [4.78, 5) is 4.60. The maximum atomic E-state index is 10.6. The van der Waals surface area contributed by atoms with E-state index >= 15 is 0 Å². The number of aliphatic hydroxyl groups is 1. The summed E-state index contributed by atoms with van der Waals surface area (Å²) in [5.41, 5.74) is 1.04. The first-order valence-corrected chi connectivity index (χ1v) is 9.97. The number of thiophene rings is 1.